The summed E-state index contributed by atoms with van der Waals surface area (Å²) in [5, 5.41) is 9.94. The van der Waals surface area contributed by atoms with Crippen molar-refractivity contribution < 1.29 is 5.11 Å². The summed E-state index contributed by atoms with van der Waals surface area (Å²) >= 11 is 0. The van der Waals surface area contributed by atoms with Crippen LogP contribution in [-0.4, -0.2) is 11.2 Å². The van der Waals surface area contributed by atoms with E-state index >= 15 is 0 Å². The second kappa shape index (κ2) is 3.78. The van der Waals surface area contributed by atoms with E-state index in [1.165, 1.54) is 32.1 Å². The van der Waals surface area contributed by atoms with E-state index in [1.54, 1.807) is 0 Å². The lowest BCUT2D eigenvalue weighted by molar-refractivity contribution is 0.0249. The Labute approximate surface area is 76.2 Å². The number of hydrogen-bond acceptors (Lipinski definition) is 1. The first-order valence-electron chi connectivity index (χ1n) is 5.26. The van der Waals surface area contributed by atoms with Gasteiger partial charge in [0.05, 0.1) is 6.10 Å². The predicted molar refractivity (Wildman–Crippen MR) is 52.0 cm³/mol. The van der Waals surface area contributed by atoms with Crippen molar-refractivity contribution in [3.05, 3.63) is 0 Å². The summed E-state index contributed by atoms with van der Waals surface area (Å²) in [4.78, 5) is 0. The van der Waals surface area contributed by atoms with Crippen LogP contribution >= 0.6 is 0 Å². The molecule has 1 saturated carbocycles. The van der Waals surface area contributed by atoms with Gasteiger partial charge in [0.1, 0.15) is 0 Å². The molecule has 0 aromatic heterocycles. The summed E-state index contributed by atoms with van der Waals surface area (Å²) < 4.78 is 0. The molecule has 1 aliphatic carbocycles. The van der Waals surface area contributed by atoms with Crippen LogP contribution in [-0.2, 0) is 0 Å². The standard InChI is InChI=1S/C11H22O/c1-4-5-8-11(2,3)10(12)9-6-7-9/h9-10,12H,4-8H2,1-3H3. The van der Waals surface area contributed by atoms with E-state index in [0.29, 0.717) is 5.92 Å². The third-order valence-corrected chi connectivity index (χ3v) is 3.04. The van der Waals surface area contributed by atoms with Gasteiger partial charge in [0.15, 0.2) is 0 Å². The monoisotopic (exact) mass is 170 g/mol. The van der Waals surface area contributed by atoms with Crippen LogP contribution in [0.1, 0.15) is 52.9 Å². The maximum atomic E-state index is 9.94. The Morgan fingerprint density at radius 3 is 2.42 bits per heavy atom. The fraction of sp³-hybridized carbons (Fsp3) is 1.00. The summed E-state index contributed by atoms with van der Waals surface area (Å²) in [5.41, 5.74) is 0.150. The minimum Gasteiger partial charge on any atom is -0.392 e. The van der Waals surface area contributed by atoms with Crippen LogP contribution in [0.3, 0.4) is 0 Å². The van der Waals surface area contributed by atoms with Gasteiger partial charge in [-0.05, 0) is 30.6 Å². The van der Waals surface area contributed by atoms with Crippen LogP contribution in [0.4, 0.5) is 0 Å². The van der Waals surface area contributed by atoms with Gasteiger partial charge in [-0.1, -0.05) is 33.6 Å². The Morgan fingerprint density at radius 1 is 1.42 bits per heavy atom. The van der Waals surface area contributed by atoms with Gasteiger partial charge < -0.3 is 5.11 Å². The van der Waals surface area contributed by atoms with Crippen LogP contribution in [0.25, 0.3) is 0 Å². The minimum absolute atomic E-state index is 0.0518. The molecule has 72 valence electrons. The van der Waals surface area contributed by atoms with Crippen LogP contribution in [0.5, 0.6) is 0 Å². The first-order valence-corrected chi connectivity index (χ1v) is 5.26. The fourth-order valence-corrected chi connectivity index (χ4v) is 1.83. The molecule has 1 N–H and O–H groups in total. The van der Waals surface area contributed by atoms with E-state index in [-0.39, 0.29) is 11.5 Å². The fourth-order valence-electron chi connectivity index (χ4n) is 1.83. The third kappa shape index (κ3) is 2.48. The first-order chi connectivity index (χ1) is 5.58. The molecule has 0 radical (unpaired) electrons. The zero-order chi connectivity index (χ0) is 9.19. The lowest BCUT2D eigenvalue weighted by Gasteiger charge is -2.30. The molecule has 0 saturated heterocycles. The molecule has 1 fully saturated rings. The number of rotatable bonds is 5. The summed E-state index contributed by atoms with van der Waals surface area (Å²) in [6.07, 6.45) is 6.09. The largest absolute Gasteiger partial charge is 0.392 e. The molecule has 1 rings (SSSR count). The van der Waals surface area contributed by atoms with Crippen molar-refractivity contribution >= 4 is 0 Å². The highest BCUT2D eigenvalue weighted by Gasteiger charge is 2.39. The average molecular weight is 170 g/mol. The molecule has 1 atom stereocenters. The van der Waals surface area contributed by atoms with Crippen LogP contribution in [0.2, 0.25) is 0 Å². The number of hydrogen-bond donors (Lipinski definition) is 1. The zero-order valence-corrected chi connectivity index (χ0v) is 8.64. The molecule has 1 nitrogen and oxygen atoms in total. The lowest BCUT2D eigenvalue weighted by Crippen LogP contribution is -2.30. The van der Waals surface area contributed by atoms with E-state index in [1.807, 2.05) is 0 Å². The Bertz CT molecular complexity index is 136. The highest BCUT2D eigenvalue weighted by Crippen LogP contribution is 2.42. The van der Waals surface area contributed by atoms with Gasteiger partial charge >= 0.3 is 0 Å². The number of unbranched alkanes of at least 4 members (excludes halogenated alkanes) is 1. The smallest absolute Gasteiger partial charge is 0.0619 e. The molecule has 1 aliphatic rings. The average Bonchev–Trinajstić information content (AvgIpc) is 2.82. The van der Waals surface area contributed by atoms with Crippen molar-refractivity contribution in [2.75, 3.05) is 0 Å². The topological polar surface area (TPSA) is 20.2 Å². The zero-order valence-electron chi connectivity index (χ0n) is 8.64. The molecule has 0 aromatic rings. The second-order valence-corrected chi connectivity index (χ2v) is 4.87. The Morgan fingerprint density at radius 2 is 2.00 bits per heavy atom. The molecule has 0 heterocycles. The van der Waals surface area contributed by atoms with Gasteiger partial charge in [-0.3, -0.25) is 0 Å². The molecule has 1 heteroatoms. The van der Waals surface area contributed by atoms with Gasteiger partial charge in [-0.15, -0.1) is 0 Å². The van der Waals surface area contributed by atoms with Crippen molar-refractivity contribution in [1.29, 1.82) is 0 Å². The molecule has 0 amide bonds. The number of aliphatic hydroxyl groups is 1. The van der Waals surface area contributed by atoms with Gasteiger partial charge in [-0.2, -0.15) is 0 Å². The summed E-state index contributed by atoms with van der Waals surface area (Å²) in [6.45, 7) is 6.61. The van der Waals surface area contributed by atoms with Gasteiger partial charge in [0, 0.05) is 0 Å². The highest BCUT2D eigenvalue weighted by atomic mass is 16.3. The molecule has 0 aliphatic heterocycles. The normalized spacial score (nSPS) is 21.0. The van der Waals surface area contributed by atoms with Crippen molar-refractivity contribution in [3.63, 3.8) is 0 Å². The molecule has 0 bridgehead atoms. The Hall–Kier alpha value is -0.0400. The van der Waals surface area contributed by atoms with E-state index in [0.717, 1.165) is 0 Å². The second-order valence-electron chi connectivity index (χ2n) is 4.87. The molecule has 12 heavy (non-hydrogen) atoms. The molecular formula is C11H22O. The number of aliphatic hydroxyl groups excluding tert-OH is 1. The van der Waals surface area contributed by atoms with Gasteiger partial charge in [0.2, 0.25) is 0 Å². The predicted octanol–water partition coefficient (Wildman–Crippen LogP) is 2.97. The quantitative estimate of drug-likeness (QED) is 0.672. The summed E-state index contributed by atoms with van der Waals surface area (Å²) in [5.74, 6) is 0.622. The maximum Gasteiger partial charge on any atom is 0.0619 e. The SMILES string of the molecule is CCCCC(C)(C)C(O)C1CC1. The van der Waals surface area contributed by atoms with Crippen LogP contribution in [0, 0.1) is 11.3 Å². The Kier molecular flexibility index (Phi) is 3.16. The molecular weight excluding hydrogens is 148 g/mol. The molecule has 0 spiro atoms. The lowest BCUT2D eigenvalue weighted by atomic mass is 9.79. The summed E-state index contributed by atoms with van der Waals surface area (Å²) in [7, 11) is 0. The van der Waals surface area contributed by atoms with Crippen molar-refractivity contribution in [1.82, 2.24) is 0 Å². The highest BCUT2D eigenvalue weighted by molar-refractivity contribution is 4.89. The van der Waals surface area contributed by atoms with Crippen molar-refractivity contribution in [2.24, 2.45) is 11.3 Å². The third-order valence-electron chi connectivity index (χ3n) is 3.04. The van der Waals surface area contributed by atoms with Crippen LogP contribution < -0.4 is 0 Å². The van der Waals surface area contributed by atoms with Crippen molar-refractivity contribution in [2.45, 2.75) is 59.0 Å². The van der Waals surface area contributed by atoms with E-state index in [2.05, 4.69) is 20.8 Å². The first kappa shape index (κ1) is 10.0. The van der Waals surface area contributed by atoms with Gasteiger partial charge in [-0.25, -0.2) is 0 Å². The minimum atomic E-state index is -0.0518. The van der Waals surface area contributed by atoms with E-state index < -0.39 is 0 Å². The van der Waals surface area contributed by atoms with Crippen LogP contribution in [0.15, 0.2) is 0 Å². The molecule has 1 unspecified atom stereocenters. The van der Waals surface area contributed by atoms with E-state index in [9.17, 15) is 5.11 Å². The Balaban J connectivity index is 2.33. The maximum absolute atomic E-state index is 9.94. The molecule has 0 aromatic carbocycles. The van der Waals surface area contributed by atoms with Gasteiger partial charge in [0.25, 0.3) is 0 Å². The van der Waals surface area contributed by atoms with E-state index in [4.69, 9.17) is 0 Å². The summed E-state index contributed by atoms with van der Waals surface area (Å²) in [6, 6.07) is 0. The van der Waals surface area contributed by atoms with Crippen molar-refractivity contribution in [3.8, 4) is 0 Å².